The van der Waals surface area contributed by atoms with Crippen LogP contribution in [0.25, 0.3) is 10.6 Å². The van der Waals surface area contributed by atoms with E-state index in [1.54, 1.807) is 11.3 Å². The lowest BCUT2D eigenvalue weighted by Crippen LogP contribution is -2.36. The summed E-state index contributed by atoms with van der Waals surface area (Å²) in [5.41, 5.74) is 6.77. The van der Waals surface area contributed by atoms with Crippen molar-refractivity contribution >= 4 is 52.0 Å². The molecule has 0 aromatic carbocycles. The zero-order chi connectivity index (χ0) is 18.6. The first-order chi connectivity index (χ1) is 11.8. The van der Waals surface area contributed by atoms with E-state index in [1.165, 1.54) is 18.3 Å². The number of hydrogen-bond donors (Lipinski definition) is 3. The maximum atomic E-state index is 12.2. The summed E-state index contributed by atoms with van der Waals surface area (Å²) in [5, 5.41) is 6.16. The Labute approximate surface area is 168 Å². The van der Waals surface area contributed by atoms with Crippen molar-refractivity contribution in [3.8, 4) is 10.6 Å². The monoisotopic (exact) mass is 416 g/mol. The Morgan fingerprint density at radius 2 is 1.96 bits per heavy atom. The van der Waals surface area contributed by atoms with Crippen LogP contribution < -0.4 is 16.4 Å². The minimum atomic E-state index is -0.529. The number of rotatable bonds is 7. The van der Waals surface area contributed by atoms with Gasteiger partial charge in [0.2, 0.25) is 11.8 Å². The molecule has 2 heterocycles. The summed E-state index contributed by atoms with van der Waals surface area (Å²) < 4.78 is 0. The average molecular weight is 417 g/mol. The fourth-order valence-corrected chi connectivity index (χ4v) is 4.19. The smallest absolute Gasteiger partial charge is 0.243 e. The third kappa shape index (κ3) is 6.35. The number of thiazole rings is 1. The highest BCUT2D eigenvalue weighted by Gasteiger charge is 2.18. The van der Waals surface area contributed by atoms with Crippen molar-refractivity contribution in [2.75, 3.05) is 5.32 Å². The van der Waals surface area contributed by atoms with Gasteiger partial charge in [0.15, 0.2) is 5.13 Å². The Morgan fingerprint density at radius 3 is 2.58 bits per heavy atom. The van der Waals surface area contributed by atoms with Gasteiger partial charge in [-0.3, -0.25) is 9.59 Å². The van der Waals surface area contributed by atoms with Gasteiger partial charge in [0.25, 0.3) is 0 Å². The van der Waals surface area contributed by atoms with Crippen LogP contribution in [0.2, 0.25) is 0 Å². The van der Waals surface area contributed by atoms with Crippen LogP contribution in [0.1, 0.15) is 36.9 Å². The highest BCUT2D eigenvalue weighted by Crippen LogP contribution is 2.34. The minimum Gasteiger partial charge on any atom is -0.351 e. The van der Waals surface area contributed by atoms with Gasteiger partial charge >= 0.3 is 0 Å². The van der Waals surface area contributed by atoms with Gasteiger partial charge in [-0.2, -0.15) is 0 Å². The van der Waals surface area contributed by atoms with E-state index in [4.69, 9.17) is 5.73 Å². The van der Waals surface area contributed by atoms with Crippen molar-refractivity contribution in [3.63, 3.8) is 0 Å². The van der Waals surface area contributed by atoms with Gasteiger partial charge in [-0.05, 0) is 31.4 Å². The molecule has 0 unspecified atom stereocenters. The van der Waals surface area contributed by atoms with Crippen molar-refractivity contribution in [1.29, 1.82) is 0 Å². The van der Waals surface area contributed by atoms with E-state index in [-0.39, 0.29) is 24.2 Å². The van der Waals surface area contributed by atoms with E-state index >= 15 is 0 Å². The second-order valence-corrected chi connectivity index (χ2v) is 8.70. The SMILES string of the molecule is CC(=O)NCc1ccc(-c2nc(NC(=O)[C@@H](N)CC(C)C)sc2C)s1.Cl. The molecule has 2 aromatic rings. The molecule has 0 aliphatic rings. The highest BCUT2D eigenvalue weighted by atomic mass is 35.5. The summed E-state index contributed by atoms with van der Waals surface area (Å²) in [6.45, 7) is 8.06. The molecule has 0 saturated heterocycles. The zero-order valence-electron chi connectivity index (χ0n) is 15.3. The predicted octanol–water partition coefficient (Wildman–Crippen LogP) is 3.55. The molecule has 0 spiro atoms. The van der Waals surface area contributed by atoms with Gasteiger partial charge < -0.3 is 16.4 Å². The third-order valence-corrected chi connectivity index (χ3v) is 5.47. The van der Waals surface area contributed by atoms with Crippen LogP contribution in [0, 0.1) is 12.8 Å². The van der Waals surface area contributed by atoms with Gasteiger partial charge in [-0.1, -0.05) is 13.8 Å². The lowest BCUT2D eigenvalue weighted by atomic mass is 10.0. The van der Waals surface area contributed by atoms with Gasteiger partial charge in [0.1, 0.15) is 0 Å². The first-order valence-corrected chi connectivity index (χ1v) is 9.77. The second-order valence-electron chi connectivity index (χ2n) is 6.32. The fraction of sp³-hybridized carbons (Fsp3) is 0.471. The Hall–Kier alpha value is -1.48. The van der Waals surface area contributed by atoms with Crippen LogP contribution in [0.15, 0.2) is 12.1 Å². The Kier molecular flexibility index (Phi) is 8.69. The molecular formula is C17H25ClN4O2S2. The molecular weight excluding hydrogens is 392 g/mol. The standard InChI is InChI=1S/C17H24N4O2S2.ClH/c1-9(2)7-13(18)16(23)21-17-20-15(10(3)24-17)14-6-5-12(25-14)8-19-11(4)22;/h5-6,9,13H,7-8,18H2,1-4H3,(H,19,22)(H,20,21,23);1H/t13-;/m0./s1. The van der Waals surface area contributed by atoms with Crippen molar-refractivity contribution in [1.82, 2.24) is 10.3 Å². The summed E-state index contributed by atoms with van der Waals surface area (Å²) in [7, 11) is 0. The van der Waals surface area contributed by atoms with E-state index < -0.39 is 6.04 Å². The molecule has 2 amide bonds. The van der Waals surface area contributed by atoms with Gasteiger partial charge in [0.05, 0.1) is 23.2 Å². The summed E-state index contributed by atoms with van der Waals surface area (Å²) in [6, 6.07) is 3.43. The van der Waals surface area contributed by atoms with Crippen molar-refractivity contribution < 1.29 is 9.59 Å². The number of carbonyl (C=O) groups is 2. The summed E-state index contributed by atoms with van der Waals surface area (Å²) in [6.07, 6.45) is 0.639. The van der Waals surface area contributed by atoms with E-state index in [0.717, 1.165) is 20.3 Å². The van der Waals surface area contributed by atoms with E-state index in [1.807, 2.05) is 32.9 Å². The summed E-state index contributed by atoms with van der Waals surface area (Å²) >= 11 is 3.02. The Morgan fingerprint density at radius 1 is 1.27 bits per heavy atom. The van der Waals surface area contributed by atoms with Crippen LogP contribution in [0.4, 0.5) is 5.13 Å². The normalized spacial score (nSPS) is 11.8. The lowest BCUT2D eigenvalue weighted by molar-refractivity contribution is -0.119. The van der Waals surface area contributed by atoms with E-state index in [2.05, 4.69) is 15.6 Å². The van der Waals surface area contributed by atoms with E-state index in [0.29, 0.717) is 24.0 Å². The largest absolute Gasteiger partial charge is 0.351 e. The molecule has 4 N–H and O–H groups in total. The zero-order valence-corrected chi connectivity index (χ0v) is 17.7. The molecule has 144 valence electrons. The molecule has 0 aliphatic carbocycles. The molecule has 0 radical (unpaired) electrons. The molecule has 2 rings (SSSR count). The number of nitrogens with zero attached hydrogens (tertiary/aromatic N) is 1. The molecule has 6 nitrogen and oxygen atoms in total. The first kappa shape index (κ1) is 22.6. The van der Waals surface area contributed by atoms with Gasteiger partial charge in [0, 0.05) is 16.7 Å². The molecule has 0 aliphatic heterocycles. The molecule has 9 heteroatoms. The number of aryl methyl sites for hydroxylation is 1. The van der Waals surface area contributed by atoms with E-state index in [9.17, 15) is 9.59 Å². The fourth-order valence-electron chi connectivity index (χ4n) is 2.30. The van der Waals surface area contributed by atoms with Crippen molar-refractivity contribution in [3.05, 3.63) is 21.9 Å². The first-order valence-electron chi connectivity index (χ1n) is 8.13. The number of nitrogens with one attached hydrogen (secondary N) is 2. The van der Waals surface area contributed by atoms with Crippen LogP contribution >= 0.6 is 35.1 Å². The molecule has 1 atom stereocenters. The Bertz CT molecular complexity index is 758. The quantitative estimate of drug-likeness (QED) is 0.642. The number of hydrogen-bond acceptors (Lipinski definition) is 6. The minimum absolute atomic E-state index is 0. The topological polar surface area (TPSA) is 97.1 Å². The number of anilines is 1. The molecule has 2 aromatic heterocycles. The van der Waals surface area contributed by atoms with Crippen molar-refractivity contribution in [2.45, 2.75) is 46.7 Å². The van der Waals surface area contributed by atoms with Gasteiger partial charge in [-0.15, -0.1) is 35.1 Å². The van der Waals surface area contributed by atoms with Gasteiger partial charge in [-0.25, -0.2) is 4.98 Å². The highest BCUT2D eigenvalue weighted by molar-refractivity contribution is 7.18. The molecule has 0 saturated carbocycles. The number of carbonyl (C=O) groups excluding carboxylic acids is 2. The maximum Gasteiger partial charge on any atom is 0.243 e. The number of thiophene rings is 1. The van der Waals surface area contributed by atoms with Crippen LogP contribution in [-0.2, 0) is 16.1 Å². The maximum absolute atomic E-state index is 12.2. The summed E-state index contributed by atoms with van der Waals surface area (Å²) in [5.74, 6) is 0.108. The average Bonchev–Trinajstić information content (AvgIpc) is 3.10. The second kappa shape index (κ2) is 10.0. The Balaban J connectivity index is 0.00000338. The van der Waals surface area contributed by atoms with Crippen LogP contribution in [0.3, 0.4) is 0 Å². The lowest BCUT2D eigenvalue weighted by Gasteiger charge is -2.12. The third-order valence-electron chi connectivity index (χ3n) is 3.50. The van der Waals surface area contributed by atoms with Crippen LogP contribution in [0.5, 0.6) is 0 Å². The molecule has 0 bridgehead atoms. The predicted molar refractivity (Wildman–Crippen MR) is 111 cm³/mol. The number of nitrogens with two attached hydrogens (primary N) is 1. The molecule has 0 fully saturated rings. The van der Waals surface area contributed by atoms with Crippen molar-refractivity contribution in [2.24, 2.45) is 11.7 Å². The van der Waals surface area contributed by atoms with Crippen LogP contribution in [-0.4, -0.2) is 22.8 Å². The number of halogens is 1. The number of amides is 2. The number of aromatic nitrogens is 1. The summed E-state index contributed by atoms with van der Waals surface area (Å²) in [4.78, 5) is 30.8. The molecule has 26 heavy (non-hydrogen) atoms.